The van der Waals surface area contributed by atoms with Gasteiger partial charge in [-0.1, -0.05) is 0 Å². The monoisotopic (exact) mass is 318 g/mol. The van der Waals surface area contributed by atoms with E-state index in [0.29, 0.717) is 18.0 Å². The second-order valence-electron chi connectivity index (χ2n) is 4.73. The van der Waals surface area contributed by atoms with E-state index in [1.165, 1.54) is 12.1 Å². The molecule has 22 heavy (non-hydrogen) atoms. The minimum absolute atomic E-state index is 0.307. The van der Waals surface area contributed by atoms with Crippen LogP contribution in [-0.2, 0) is 13.6 Å². The van der Waals surface area contributed by atoms with Crippen LogP contribution in [0.5, 0.6) is 5.75 Å². The lowest BCUT2D eigenvalue weighted by atomic mass is 10.3. The number of nitrogens with zero attached hydrogens (tertiary/aromatic N) is 3. The van der Waals surface area contributed by atoms with Crippen LogP contribution in [0, 0.1) is 5.82 Å². The van der Waals surface area contributed by atoms with E-state index in [1.54, 1.807) is 35.4 Å². The van der Waals surface area contributed by atoms with Gasteiger partial charge in [-0.25, -0.2) is 9.37 Å². The molecule has 5 nitrogen and oxygen atoms in total. The maximum Gasteiger partial charge on any atom is 0.142 e. The number of benzene rings is 1. The fraction of sp³-hybridized carbons (Fsp3) is 0.200. The molecule has 0 spiro atoms. The average molecular weight is 318 g/mol. The number of anilines is 1. The van der Waals surface area contributed by atoms with Crippen LogP contribution in [0.25, 0.3) is 11.3 Å². The number of methoxy groups -OCH3 is 1. The Morgan fingerprint density at radius 3 is 3.00 bits per heavy atom. The molecule has 2 heterocycles. The first-order valence-corrected chi connectivity index (χ1v) is 7.54. The third kappa shape index (κ3) is 3.09. The zero-order valence-corrected chi connectivity index (χ0v) is 13.0. The molecule has 1 N–H and O–H groups in total. The van der Waals surface area contributed by atoms with E-state index < -0.39 is 0 Å². The number of hydrogen-bond donors (Lipinski definition) is 1. The smallest absolute Gasteiger partial charge is 0.142 e. The van der Waals surface area contributed by atoms with Crippen molar-refractivity contribution in [3.8, 4) is 17.0 Å². The van der Waals surface area contributed by atoms with E-state index in [1.807, 2.05) is 18.6 Å². The third-order valence-electron chi connectivity index (χ3n) is 3.14. The number of aromatic nitrogens is 3. The molecule has 114 valence electrons. The summed E-state index contributed by atoms with van der Waals surface area (Å²) in [5.74, 6) is 0.295. The van der Waals surface area contributed by atoms with Gasteiger partial charge in [0, 0.05) is 30.3 Å². The van der Waals surface area contributed by atoms with Gasteiger partial charge in [0.1, 0.15) is 16.6 Å². The second kappa shape index (κ2) is 6.15. The molecule has 0 amide bonds. The minimum atomic E-state index is -0.307. The van der Waals surface area contributed by atoms with Gasteiger partial charge in [-0.15, -0.1) is 11.3 Å². The molecule has 3 rings (SSSR count). The molecule has 0 atom stereocenters. The molecule has 0 unspecified atom stereocenters. The van der Waals surface area contributed by atoms with Crippen LogP contribution in [0.2, 0.25) is 0 Å². The SMILES string of the molecule is COc1ccc(F)cc1NCc1nc(-c2cnn(C)c2)cs1. The lowest BCUT2D eigenvalue weighted by Gasteiger charge is -2.09. The fourth-order valence-corrected chi connectivity index (χ4v) is 2.81. The number of rotatable bonds is 5. The first-order chi connectivity index (χ1) is 10.7. The van der Waals surface area contributed by atoms with Gasteiger partial charge >= 0.3 is 0 Å². The highest BCUT2D eigenvalue weighted by atomic mass is 32.1. The fourth-order valence-electron chi connectivity index (χ4n) is 2.07. The number of halogens is 1. The molecular formula is C15H15FN4OS. The van der Waals surface area contributed by atoms with Crippen molar-refractivity contribution in [3.63, 3.8) is 0 Å². The molecule has 0 aliphatic carbocycles. The van der Waals surface area contributed by atoms with Gasteiger partial charge < -0.3 is 10.1 Å². The zero-order valence-electron chi connectivity index (χ0n) is 12.2. The molecular weight excluding hydrogens is 303 g/mol. The minimum Gasteiger partial charge on any atom is -0.495 e. The summed E-state index contributed by atoms with van der Waals surface area (Å²) in [6.07, 6.45) is 3.70. The topological polar surface area (TPSA) is 52.0 Å². The van der Waals surface area contributed by atoms with E-state index in [4.69, 9.17) is 4.74 Å². The lowest BCUT2D eigenvalue weighted by Crippen LogP contribution is -2.01. The maximum atomic E-state index is 13.3. The third-order valence-corrected chi connectivity index (χ3v) is 3.99. The van der Waals surface area contributed by atoms with E-state index >= 15 is 0 Å². The molecule has 7 heteroatoms. The largest absolute Gasteiger partial charge is 0.495 e. The Kier molecular flexibility index (Phi) is 4.06. The van der Waals surface area contributed by atoms with Crippen LogP contribution < -0.4 is 10.1 Å². The molecule has 3 aromatic rings. The molecule has 1 aromatic carbocycles. The lowest BCUT2D eigenvalue weighted by molar-refractivity contribution is 0.415. The van der Waals surface area contributed by atoms with Crippen LogP contribution in [0.3, 0.4) is 0 Å². The Bertz CT molecular complexity index is 783. The van der Waals surface area contributed by atoms with E-state index in [9.17, 15) is 4.39 Å². The molecule has 0 radical (unpaired) electrons. The Morgan fingerprint density at radius 2 is 2.27 bits per heavy atom. The van der Waals surface area contributed by atoms with Crippen molar-refractivity contribution in [2.45, 2.75) is 6.54 Å². The van der Waals surface area contributed by atoms with Crippen molar-refractivity contribution in [3.05, 3.63) is 46.8 Å². The van der Waals surface area contributed by atoms with Gasteiger partial charge in [0.2, 0.25) is 0 Å². The van der Waals surface area contributed by atoms with Crippen molar-refractivity contribution in [1.82, 2.24) is 14.8 Å². The first-order valence-electron chi connectivity index (χ1n) is 6.66. The molecule has 0 fully saturated rings. The molecule has 0 saturated heterocycles. The highest BCUT2D eigenvalue weighted by molar-refractivity contribution is 7.09. The van der Waals surface area contributed by atoms with E-state index in [-0.39, 0.29) is 5.82 Å². The van der Waals surface area contributed by atoms with Gasteiger partial charge in [-0.05, 0) is 12.1 Å². The highest BCUT2D eigenvalue weighted by Crippen LogP contribution is 2.26. The second-order valence-corrected chi connectivity index (χ2v) is 5.67. The van der Waals surface area contributed by atoms with Crippen LogP contribution in [-0.4, -0.2) is 21.9 Å². The number of thiazole rings is 1. The molecule has 0 saturated carbocycles. The summed E-state index contributed by atoms with van der Waals surface area (Å²) in [6, 6.07) is 4.38. The van der Waals surface area contributed by atoms with E-state index in [0.717, 1.165) is 16.3 Å². The molecule has 0 aliphatic heterocycles. The summed E-state index contributed by atoms with van der Waals surface area (Å²) in [5.41, 5.74) is 2.48. The Labute approximate surface area is 131 Å². The number of hydrogen-bond acceptors (Lipinski definition) is 5. The normalized spacial score (nSPS) is 10.7. The van der Waals surface area contributed by atoms with Gasteiger partial charge in [-0.2, -0.15) is 5.10 Å². The molecule has 2 aromatic heterocycles. The van der Waals surface area contributed by atoms with Crippen LogP contribution in [0.15, 0.2) is 36.0 Å². The summed E-state index contributed by atoms with van der Waals surface area (Å²) >= 11 is 1.55. The Morgan fingerprint density at radius 1 is 1.41 bits per heavy atom. The quantitative estimate of drug-likeness (QED) is 0.784. The van der Waals surface area contributed by atoms with Crippen molar-refractivity contribution >= 4 is 17.0 Å². The van der Waals surface area contributed by atoms with Gasteiger partial charge in [0.05, 0.1) is 31.2 Å². The number of nitrogens with one attached hydrogen (secondary N) is 1. The van der Waals surface area contributed by atoms with Crippen molar-refractivity contribution in [2.24, 2.45) is 7.05 Å². The molecule has 0 bridgehead atoms. The van der Waals surface area contributed by atoms with Gasteiger partial charge in [0.25, 0.3) is 0 Å². The zero-order chi connectivity index (χ0) is 15.5. The predicted octanol–water partition coefficient (Wildman–Crippen LogP) is 3.30. The van der Waals surface area contributed by atoms with Gasteiger partial charge in [0.15, 0.2) is 0 Å². The summed E-state index contributed by atoms with van der Waals surface area (Å²) in [5, 5.41) is 10.2. The van der Waals surface area contributed by atoms with Crippen LogP contribution in [0.1, 0.15) is 5.01 Å². The Balaban J connectivity index is 1.72. The number of aryl methyl sites for hydroxylation is 1. The van der Waals surface area contributed by atoms with Crippen molar-refractivity contribution in [2.75, 3.05) is 12.4 Å². The average Bonchev–Trinajstić information content (AvgIpc) is 3.14. The summed E-state index contributed by atoms with van der Waals surface area (Å²) in [7, 11) is 3.43. The molecule has 0 aliphatic rings. The maximum absolute atomic E-state index is 13.3. The summed E-state index contributed by atoms with van der Waals surface area (Å²) < 4.78 is 20.3. The summed E-state index contributed by atoms with van der Waals surface area (Å²) in [4.78, 5) is 4.55. The van der Waals surface area contributed by atoms with E-state index in [2.05, 4.69) is 15.4 Å². The first kappa shape index (κ1) is 14.5. The van der Waals surface area contributed by atoms with Crippen molar-refractivity contribution < 1.29 is 9.13 Å². The van der Waals surface area contributed by atoms with Crippen LogP contribution >= 0.6 is 11.3 Å². The predicted molar refractivity (Wildman–Crippen MR) is 84.6 cm³/mol. The van der Waals surface area contributed by atoms with Crippen molar-refractivity contribution in [1.29, 1.82) is 0 Å². The Hall–Kier alpha value is -2.41. The number of ether oxygens (including phenoxy) is 1. The van der Waals surface area contributed by atoms with Crippen LogP contribution in [0.4, 0.5) is 10.1 Å². The summed E-state index contributed by atoms with van der Waals surface area (Å²) in [6.45, 7) is 0.505. The standard InChI is InChI=1S/C15H15FN4OS/c1-20-8-10(6-18-20)13-9-22-15(19-13)7-17-12-5-11(16)3-4-14(12)21-2/h3-6,8-9,17H,7H2,1-2H3. The highest BCUT2D eigenvalue weighted by Gasteiger charge is 2.08. The van der Waals surface area contributed by atoms with Gasteiger partial charge in [-0.3, -0.25) is 4.68 Å².